The third-order valence-electron chi connectivity index (χ3n) is 4.42. The highest BCUT2D eigenvalue weighted by atomic mass is 32.2. The van der Waals surface area contributed by atoms with Crippen LogP contribution in [0, 0.1) is 10.1 Å². The topological polar surface area (TPSA) is 136 Å². The molecule has 1 N–H and O–H groups in total. The molecule has 1 heterocycles. The van der Waals surface area contributed by atoms with Crippen molar-refractivity contribution in [1.82, 2.24) is 14.1 Å². The first-order chi connectivity index (χ1) is 13.3. The van der Waals surface area contributed by atoms with Crippen molar-refractivity contribution >= 4 is 21.5 Å². The van der Waals surface area contributed by atoms with Gasteiger partial charge in [0.2, 0.25) is 10.0 Å². The van der Waals surface area contributed by atoms with Crippen molar-refractivity contribution < 1.29 is 23.2 Å². The molecule has 1 aromatic heterocycles. The number of carbonyl (C=O) groups excluding carboxylic acids is 1. The van der Waals surface area contributed by atoms with Crippen LogP contribution in [-0.2, 0) is 10.0 Å². The number of nitrogens with zero attached hydrogens (tertiary/aromatic N) is 4. The highest BCUT2D eigenvalue weighted by Crippen LogP contribution is 2.34. The summed E-state index contributed by atoms with van der Waals surface area (Å²) in [5, 5.41) is 24.0. The molecule has 0 radical (unpaired) electrons. The molecule has 0 bridgehead atoms. The van der Waals surface area contributed by atoms with Gasteiger partial charge in [-0.2, -0.15) is 9.40 Å². The van der Waals surface area contributed by atoms with E-state index in [1.165, 1.54) is 6.20 Å². The molecule has 1 aliphatic rings. The number of carbonyl (C=O) groups is 1. The molecule has 3 rings (SSSR count). The smallest absolute Gasteiger partial charge is 0.269 e. The van der Waals surface area contributed by atoms with Crippen LogP contribution >= 0.6 is 0 Å². The lowest BCUT2D eigenvalue weighted by Gasteiger charge is -2.21. The maximum absolute atomic E-state index is 12.9. The first-order valence-corrected chi connectivity index (χ1v) is 10.2. The lowest BCUT2D eigenvalue weighted by molar-refractivity contribution is -0.384. The fourth-order valence-electron chi connectivity index (χ4n) is 2.69. The summed E-state index contributed by atoms with van der Waals surface area (Å²) in [7, 11) is -4.06. The number of rotatable bonds is 10. The lowest BCUT2D eigenvalue weighted by atomic mass is 10.2. The van der Waals surface area contributed by atoms with Crippen molar-refractivity contribution in [2.75, 3.05) is 19.7 Å². The third kappa shape index (κ3) is 4.43. The van der Waals surface area contributed by atoms with E-state index < -0.39 is 27.3 Å². The molecule has 0 amide bonds. The Morgan fingerprint density at radius 3 is 2.57 bits per heavy atom. The Balaban J connectivity index is 1.80. The number of benzene rings is 1. The Bertz CT molecular complexity index is 966. The van der Waals surface area contributed by atoms with E-state index in [1.807, 2.05) is 0 Å². The molecular formula is C17H20N4O6S. The number of hydrogen-bond acceptors (Lipinski definition) is 7. The van der Waals surface area contributed by atoms with Crippen LogP contribution < -0.4 is 0 Å². The predicted octanol–water partition coefficient (Wildman–Crippen LogP) is 1.38. The van der Waals surface area contributed by atoms with Crippen molar-refractivity contribution in [3.05, 3.63) is 52.3 Å². The van der Waals surface area contributed by atoms with Gasteiger partial charge in [-0.15, -0.1) is 0 Å². The number of aliphatic hydroxyl groups excluding tert-OH is 1. The Hall–Kier alpha value is -2.63. The zero-order chi connectivity index (χ0) is 20.3. The molecular weight excluding hydrogens is 388 g/mol. The number of non-ortho nitro benzene ring substituents is 1. The summed E-state index contributed by atoms with van der Waals surface area (Å²) in [6.07, 6.45) is 5.20. The molecule has 0 spiro atoms. The standard InChI is InChI=1S/C17H20N4O6S/c22-9-1-8-19(12-17(23)13-10-18-20(11-13)14-2-3-14)28(26,27)16-6-4-15(5-7-16)21(24)25/h4-7,10-11,14,22H,1-3,8-9,12H2. The molecule has 2 aromatic rings. The van der Waals surface area contributed by atoms with Crippen LogP contribution in [-0.4, -0.2) is 58.0 Å². The third-order valence-corrected chi connectivity index (χ3v) is 6.27. The van der Waals surface area contributed by atoms with Gasteiger partial charge in [0.05, 0.1) is 34.2 Å². The average molecular weight is 408 g/mol. The molecule has 28 heavy (non-hydrogen) atoms. The quantitative estimate of drug-likeness (QED) is 0.356. The molecule has 1 saturated carbocycles. The first kappa shape index (κ1) is 20.1. The van der Waals surface area contributed by atoms with E-state index in [-0.39, 0.29) is 30.2 Å². The van der Waals surface area contributed by atoms with Gasteiger partial charge >= 0.3 is 0 Å². The van der Waals surface area contributed by atoms with Crippen molar-refractivity contribution in [1.29, 1.82) is 0 Å². The van der Waals surface area contributed by atoms with Crippen LogP contribution in [0.4, 0.5) is 5.69 Å². The maximum Gasteiger partial charge on any atom is 0.269 e. The van der Waals surface area contributed by atoms with Gasteiger partial charge in [0.15, 0.2) is 5.78 Å². The Kier molecular flexibility index (Phi) is 5.87. The van der Waals surface area contributed by atoms with E-state index in [4.69, 9.17) is 5.11 Å². The van der Waals surface area contributed by atoms with Gasteiger partial charge in [-0.25, -0.2) is 8.42 Å². The number of aromatic nitrogens is 2. The number of aliphatic hydroxyl groups is 1. The Labute approximate surface area is 161 Å². The molecule has 150 valence electrons. The number of sulfonamides is 1. The number of Topliss-reactive ketones (excluding diaryl/α,β-unsaturated/α-hetero) is 1. The highest BCUT2D eigenvalue weighted by molar-refractivity contribution is 7.89. The molecule has 1 aromatic carbocycles. The Morgan fingerprint density at radius 2 is 2.00 bits per heavy atom. The van der Waals surface area contributed by atoms with Crippen LogP contribution in [0.1, 0.15) is 35.7 Å². The molecule has 11 heteroatoms. The van der Waals surface area contributed by atoms with E-state index in [9.17, 15) is 23.3 Å². The molecule has 0 aliphatic heterocycles. The monoisotopic (exact) mass is 408 g/mol. The summed E-state index contributed by atoms with van der Waals surface area (Å²) in [5.41, 5.74) is 0.0872. The van der Waals surface area contributed by atoms with Crippen LogP contribution in [0.3, 0.4) is 0 Å². The number of ketones is 1. The molecule has 10 nitrogen and oxygen atoms in total. The van der Waals surface area contributed by atoms with E-state index in [2.05, 4.69) is 5.10 Å². The van der Waals surface area contributed by atoms with Gasteiger partial charge in [-0.3, -0.25) is 19.6 Å². The zero-order valence-electron chi connectivity index (χ0n) is 15.0. The average Bonchev–Trinajstić information content (AvgIpc) is 3.41. The van der Waals surface area contributed by atoms with Crippen molar-refractivity contribution in [3.8, 4) is 0 Å². The molecule has 0 atom stereocenters. The van der Waals surface area contributed by atoms with Crippen LogP contribution in [0.15, 0.2) is 41.6 Å². The second kappa shape index (κ2) is 8.17. The fraction of sp³-hybridized carbons (Fsp3) is 0.412. The normalized spacial score (nSPS) is 14.4. The number of nitro benzene ring substituents is 1. The minimum absolute atomic E-state index is 0.0572. The lowest BCUT2D eigenvalue weighted by Crippen LogP contribution is -2.36. The van der Waals surface area contributed by atoms with Crippen molar-refractivity contribution in [2.45, 2.75) is 30.2 Å². The van der Waals surface area contributed by atoms with Gasteiger partial charge in [0, 0.05) is 31.5 Å². The first-order valence-electron chi connectivity index (χ1n) is 8.75. The van der Waals surface area contributed by atoms with Crippen molar-refractivity contribution in [2.24, 2.45) is 0 Å². The van der Waals surface area contributed by atoms with Gasteiger partial charge in [-0.1, -0.05) is 0 Å². The summed E-state index contributed by atoms with van der Waals surface area (Å²) in [6.45, 7) is -0.700. The van der Waals surface area contributed by atoms with Crippen LogP contribution in [0.25, 0.3) is 0 Å². The van der Waals surface area contributed by atoms with Crippen LogP contribution in [0.5, 0.6) is 0 Å². The number of nitro groups is 1. The summed E-state index contributed by atoms with van der Waals surface area (Å²) in [5.74, 6) is -0.407. The second-order valence-electron chi connectivity index (χ2n) is 6.53. The summed E-state index contributed by atoms with van der Waals surface area (Å²) in [6, 6.07) is 4.76. The molecule has 0 saturated heterocycles. The Morgan fingerprint density at radius 1 is 1.32 bits per heavy atom. The maximum atomic E-state index is 12.9. The van der Waals surface area contributed by atoms with Gasteiger partial charge in [0.25, 0.3) is 5.69 Å². The summed E-state index contributed by atoms with van der Waals surface area (Å²) in [4.78, 5) is 22.6. The van der Waals surface area contributed by atoms with E-state index >= 15 is 0 Å². The molecule has 1 fully saturated rings. The van der Waals surface area contributed by atoms with Gasteiger partial charge in [0.1, 0.15) is 0 Å². The number of hydrogen-bond donors (Lipinski definition) is 1. The zero-order valence-corrected chi connectivity index (χ0v) is 15.8. The summed E-state index contributed by atoms with van der Waals surface area (Å²) < 4.78 is 28.5. The van der Waals surface area contributed by atoms with Crippen LogP contribution in [0.2, 0.25) is 0 Å². The molecule has 0 unspecified atom stereocenters. The van der Waals surface area contributed by atoms with Gasteiger partial charge in [-0.05, 0) is 31.4 Å². The van der Waals surface area contributed by atoms with Gasteiger partial charge < -0.3 is 5.11 Å². The largest absolute Gasteiger partial charge is 0.396 e. The predicted molar refractivity (Wildman–Crippen MR) is 98.4 cm³/mol. The fourth-order valence-corrected chi connectivity index (χ4v) is 4.13. The van der Waals surface area contributed by atoms with E-state index in [0.717, 1.165) is 41.4 Å². The summed E-state index contributed by atoms with van der Waals surface area (Å²) >= 11 is 0. The van der Waals surface area contributed by atoms with E-state index in [0.29, 0.717) is 11.6 Å². The van der Waals surface area contributed by atoms with E-state index in [1.54, 1.807) is 10.9 Å². The highest BCUT2D eigenvalue weighted by Gasteiger charge is 2.29. The minimum Gasteiger partial charge on any atom is -0.396 e. The second-order valence-corrected chi connectivity index (χ2v) is 8.47. The molecule has 1 aliphatic carbocycles. The minimum atomic E-state index is -4.06. The van der Waals surface area contributed by atoms with Crippen molar-refractivity contribution in [3.63, 3.8) is 0 Å². The SMILES string of the molecule is O=C(CN(CCCO)S(=O)(=O)c1ccc([N+](=O)[O-])cc1)c1cnn(C2CC2)c1.